The minimum absolute atomic E-state index is 0.0375. The fourth-order valence-corrected chi connectivity index (χ4v) is 3.34. The maximum atomic E-state index is 12.6. The number of rotatable bonds is 2. The van der Waals surface area contributed by atoms with Crippen LogP contribution in [-0.4, -0.2) is 52.1 Å². The third kappa shape index (κ3) is 2.71. The van der Waals surface area contributed by atoms with Gasteiger partial charge in [0.25, 0.3) is 0 Å². The zero-order valence-corrected chi connectivity index (χ0v) is 12.5. The number of carbonyl (C=O) groups is 2. The Morgan fingerprint density at radius 3 is 2.50 bits per heavy atom. The van der Waals surface area contributed by atoms with Crippen LogP contribution >= 0.6 is 15.9 Å². The van der Waals surface area contributed by atoms with Crippen molar-refractivity contribution in [1.29, 1.82) is 0 Å². The smallest absolute Gasteiger partial charge is 0.245 e. The summed E-state index contributed by atoms with van der Waals surface area (Å²) in [4.78, 5) is 28.1. The summed E-state index contributed by atoms with van der Waals surface area (Å²) >= 11 is 3.19. The van der Waals surface area contributed by atoms with E-state index < -0.39 is 0 Å². The lowest BCUT2D eigenvalue weighted by molar-refractivity contribution is -0.144. The average Bonchev–Trinajstić information content (AvgIpc) is 2.86. The van der Waals surface area contributed by atoms with Crippen molar-refractivity contribution in [2.75, 3.05) is 18.4 Å². The lowest BCUT2D eigenvalue weighted by atomic mass is 10.0. The van der Waals surface area contributed by atoms with Gasteiger partial charge in [-0.15, -0.1) is 0 Å². The average molecular weight is 317 g/mol. The number of amides is 2. The Labute approximate surface area is 117 Å². The number of piperidine rings is 1. The van der Waals surface area contributed by atoms with Crippen molar-refractivity contribution in [1.82, 2.24) is 9.80 Å². The zero-order valence-electron chi connectivity index (χ0n) is 10.9. The van der Waals surface area contributed by atoms with E-state index in [1.807, 2.05) is 4.90 Å². The largest absolute Gasteiger partial charge is 0.338 e. The predicted molar refractivity (Wildman–Crippen MR) is 73.6 cm³/mol. The van der Waals surface area contributed by atoms with Crippen molar-refractivity contribution >= 4 is 27.7 Å². The summed E-state index contributed by atoms with van der Waals surface area (Å²) in [6, 6.07) is 0.114. The first-order chi connectivity index (χ1) is 8.65. The monoisotopic (exact) mass is 316 g/mol. The number of alkyl halides is 1. The van der Waals surface area contributed by atoms with Gasteiger partial charge in [-0.3, -0.25) is 9.59 Å². The molecule has 0 unspecified atom stereocenters. The summed E-state index contributed by atoms with van der Waals surface area (Å²) in [6.07, 6.45) is 5.15. The minimum atomic E-state index is -0.212. The second-order valence-electron chi connectivity index (χ2n) is 5.26. The Kier molecular flexibility index (Phi) is 4.65. The third-order valence-electron chi connectivity index (χ3n) is 4.06. The van der Waals surface area contributed by atoms with Gasteiger partial charge in [0, 0.05) is 19.1 Å². The maximum Gasteiger partial charge on any atom is 0.245 e. The van der Waals surface area contributed by atoms with Crippen LogP contribution in [0.4, 0.5) is 0 Å². The van der Waals surface area contributed by atoms with E-state index in [9.17, 15) is 9.59 Å². The van der Waals surface area contributed by atoms with Crippen LogP contribution in [0.25, 0.3) is 0 Å². The van der Waals surface area contributed by atoms with E-state index in [0.717, 1.165) is 38.8 Å². The van der Waals surface area contributed by atoms with Gasteiger partial charge >= 0.3 is 0 Å². The first kappa shape index (κ1) is 13.8. The summed E-state index contributed by atoms with van der Waals surface area (Å²) in [6.45, 7) is 3.69. The molecule has 0 aliphatic carbocycles. The van der Waals surface area contributed by atoms with Crippen molar-refractivity contribution in [3.63, 3.8) is 0 Å². The highest BCUT2D eigenvalue weighted by Crippen LogP contribution is 2.24. The molecule has 0 bridgehead atoms. The second-order valence-corrected chi connectivity index (χ2v) is 5.82. The lowest BCUT2D eigenvalue weighted by Gasteiger charge is -2.37. The molecule has 0 N–H and O–H groups in total. The van der Waals surface area contributed by atoms with Crippen LogP contribution in [0.3, 0.4) is 0 Å². The second kappa shape index (κ2) is 6.04. The van der Waals surface area contributed by atoms with Gasteiger partial charge in [0.1, 0.15) is 6.04 Å². The summed E-state index contributed by atoms with van der Waals surface area (Å²) in [5.74, 6) is 0.199. The molecule has 2 aliphatic rings. The standard InChI is InChI=1S/C13H21BrN2O2/c1-10-5-2-3-7-15(10)13(18)11-6-4-8-16(11)12(17)9-14/h10-11H,2-9H2,1H3/t10-,11-/m0/s1. The Morgan fingerprint density at radius 2 is 1.83 bits per heavy atom. The molecular formula is C13H21BrN2O2. The first-order valence-corrected chi connectivity index (χ1v) is 7.93. The molecular weight excluding hydrogens is 296 g/mol. The molecule has 5 heteroatoms. The molecule has 0 saturated carbocycles. The molecule has 2 amide bonds. The minimum Gasteiger partial charge on any atom is -0.338 e. The van der Waals surface area contributed by atoms with Crippen LogP contribution in [0.1, 0.15) is 39.0 Å². The highest BCUT2D eigenvalue weighted by molar-refractivity contribution is 9.09. The Morgan fingerprint density at radius 1 is 1.11 bits per heavy atom. The molecule has 0 spiro atoms. The number of carbonyl (C=O) groups excluding carboxylic acids is 2. The Hall–Kier alpha value is -0.580. The number of hydrogen-bond donors (Lipinski definition) is 0. The SMILES string of the molecule is C[C@H]1CCCCN1C(=O)[C@@H]1CCCN1C(=O)CBr. The molecule has 18 heavy (non-hydrogen) atoms. The van der Waals surface area contributed by atoms with E-state index in [2.05, 4.69) is 22.9 Å². The van der Waals surface area contributed by atoms with Gasteiger partial charge < -0.3 is 9.80 Å². The highest BCUT2D eigenvalue weighted by Gasteiger charge is 2.37. The van der Waals surface area contributed by atoms with Gasteiger partial charge in [-0.05, 0) is 39.0 Å². The molecule has 2 fully saturated rings. The summed E-state index contributed by atoms with van der Waals surface area (Å²) in [5, 5.41) is 0.312. The molecule has 4 nitrogen and oxygen atoms in total. The molecule has 2 atom stereocenters. The number of halogens is 1. The number of hydrogen-bond acceptors (Lipinski definition) is 2. The van der Waals surface area contributed by atoms with Crippen molar-refractivity contribution in [2.45, 2.75) is 51.1 Å². The number of likely N-dealkylation sites (tertiary alicyclic amines) is 2. The predicted octanol–water partition coefficient (Wildman–Crippen LogP) is 1.77. The quantitative estimate of drug-likeness (QED) is 0.729. The van der Waals surface area contributed by atoms with Crippen molar-refractivity contribution in [2.24, 2.45) is 0 Å². The van der Waals surface area contributed by atoms with Crippen molar-refractivity contribution in [3.05, 3.63) is 0 Å². The van der Waals surface area contributed by atoms with Gasteiger partial charge in [0.15, 0.2) is 0 Å². The number of nitrogens with zero attached hydrogens (tertiary/aromatic N) is 2. The zero-order chi connectivity index (χ0) is 13.1. The van der Waals surface area contributed by atoms with Crippen LogP contribution in [0, 0.1) is 0 Å². The molecule has 0 aromatic heterocycles. The first-order valence-electron chi connectivity index (χ1n) is 6.81. The van der Waals surface area contributed by atoms with Crippen LogP contribution < -0.4 is 0 Å². The molecule has 102 valence electrons. The van der Waals surface area contributed by atoms with E-state index in [4.69, 9.17) is 0 Å². The molecule has 2 saturated heterocycles. The van der Waals surface area contributed by atoms with Gasteiger partial charge in [-0.2, -0.15) is 0 Å². The molecule has 2 heterocycles. The molecule has 0 aromatic carbocycles. The Balaban J connectivity index is 2.05. The fourth-order valence-electron chi connectivity index (χ4n) is 3.02. The van der Waals surface area contributed by atoms with E-state index in [1.54, 1.807) is 4.90 Å². The van der Waals surface area contributed by atoms with Crippen LogP contribution in [0.15, 0.2) is 0 Å². The van der Waals surface area contributed by atoms with Crippen LogP contribution in [-0.2, 0) is 9.59 Å². The summed E-state index contributed by atoms with van der Waals surface area (Å²) < 4.78 is 0. The van der Waals surface area contributed by atoms with E-state index in [0.29, 0.717) is 11.4 Å². The van der Waals surface area contributed by atoms with E-state index in [1.165, 1.54) is 6.42 Å². The van der Waals surface area contributed by atoms with Gasteiger partial charge in [-0.25, -0.2) is 0 Å². The third-order valence-corrected chi connectivity index (χ3v) is 4.54. The Bertz CT molecular complexity index is 335. The van der Waals surface area contributed by atoms with Gasteiger partial charge in [0.2, 0.25) is 11.8 Å². The molecule has 0 radical (unpaired) electrons. The maximum absolute atomic E-state index is 12.6. The summed E-state index contributed by atoms with van der Waals surface area (Å²) in [7, 11) is 0. The van der Waals surface area contributed by atoms with E-state index in [-0.39, 0.29) is 17.9 Å². The van der Waals surface area contributed by atoms with Crippen LogP contribution in [0.5, 0.6) is 0 Å². The van der Waals surface area contributed by atoms with Crippen molar-refractivity contribution in [3.8, 4) is 0 Å². The van der Waals surface area contributed by atoms with Crippen molar-refractivity contribution < 1.29 is 9.59 Å². The topological polar surface area (TPSA) is 40.6 Å². The van der Waals surface area contributed by atoms with Gasteiger partial charge in [-0.1, -0.05) is 15.9 Å². The van der Waals surface area contributed by atoms with Crippen LogP contribution in [0.2, 0.25) is 0 Å². The highest BCUT2D eigenvalue weighted by atomic mass is 79.9. The lowest BCUT2D eigenvalue weighted by Crippen LogP contribution is -2.52. The van der Waals surface area contributed by atoms with Gasteiger partial charge in [0.05, 0.1) is 5.33 Å². The van der Waals surface area contributed by atoms with E-state index >= 15 is 0 Å². The summed E-state index contributed by atoms with van der Waals surface area (Å²) in [5.41, 5.74) is 0. The fraction of sp³-hybridized carbons (Fsp3) is 0.846. The molecule has 2 aliphatic heterocycles. The normalized spacial score (nSPS) is 28.6. The molecule has 0 aromatic rings. The molecule has 2 rings (SSSR count).